The second-order valence-electron chi connectivity index (χ2n) is 9.01. The van der Waals surface area contributed by atoms with Crippen LogP contribution in [0.5, 0.6) is 0 Å². The highest BCUT2D eigenvalue weighted by Crippen LogP contribution is 2.18. The number of amides is 4. The Bertz CT molecular complexity index is 1750. The van der Waals surface area contributed by atoms with Gasteiger partial charge in [-0.1, -0.05) is 36.4 Å². The van der Waals surface area contributed by atoms with Gasteiger partial charge in [-0.3, -0.25) is 0 Å². The molecule has 0 aliphatic heterocycles. The number of halogens is 1. The number of anilines is 4. The molecule has 252 valence electrons. The van der Waals surface area contributed by atoms with Crippen LogP contribution in [0.1, 0.15) is 0 Å². The Morgan fingerprint density at radius 3 is 1.23 bits per heavy atom. The Kier molecular flexibility index (Phi) is 16.3. The van der Waals surface area contributed by atoms with Crippen LogP contribution >= 0.6 is 10.7 Å². The molecule has 4 aromatic rings. The van der Waals surface area contributed by atoms with Crippen molar-refractivity contribution >= 4 is 64.6 Å². The molecule has 47 heavy (non-hydrogen) atoms. The summed E-state index contributed by atoms with van der Waals surface area (Å²) in [6.07, 6.45) is 0. The third-order valence-electron chi connectivity index (χ3n) is 5.41. The summed E-state index contributed by atoms with van der Waals surface area (Å²) in [6, 6.07) is 28.3. The van der Waals surface area contributed by atoms with E-state index in [2.05, 4.69) is 26.0 Å². The van der Waals surface area contributed by atoms with Gasteiger partial charge in [0, 0.05) is 46.5 Å². The molecule has 0 bridgehead atoms. The fraction of sp³-hybridized carbons (Fsp3) is 0.133. The van der Waals surface area contributed by atoms with Gasteiger partial charge in [-0.25, -0.2) is 31.1 Å². The van der Waals surface area contributed by atoms with Gasteiger partial charge in [0.2, 0.25) is 10.0 Å². The standard InChI is InChI=1S/C15H17N3O4S.C13H11ClN2O3S.C2H7NO/c19-11-10-16-23(21,22)14-8-6-13(7-9-14)18-15(20)17-12-4-2-1-3-5-12;14-20(18,19)12-8-6-11(7-9-12)16-13(17)15-10-4-2-1-3-5-10;3-1-2-4/h1-9,16,19H,10-11H2,(H2,17,18,20);1-9H,(H2,15,16,17);4H,1-3H2. The number of hydrogen-bond donors (Lipinski definition) is 8. The molecule has 0 aliphatic rings. The minimum absolute atomic E-state index is 0.0202. The van der Waals surface area contributed by atoms with E-state index in [4.69, 9.17) is 26.6 Å². The number of rotatable bonds is 10. The van der Waals surface area contributed by atoms with Gasteiger partial charge in [0.15, 0.2) is 0 Å². The average molecular weight is 707 g/mol. The van der Waals surface area contributed by atoms with Gasteiger partial charge in [0.05, 0.1) is 23.0 Å². The number of sulfonamides is 1. The number of carbonyl (C=O) groups excluding carboxylic acids is 2. The summed E-state index contributed by atoms with van der Waals surface area (Å²) in [6.45, 7) is 0.139. The average Bonchev–Trinajstić information content (AvgIpc) is 3.05. The highest BCUT2D eigenvalue weighted by molar-refractivity contribution is 8.13. The maximum absolute atomic E-state index is 11.8. The summed E-state index contributed by atoms with van der Waals surface area (Å²) >= 11 is 0. The van der Waals surface area contributed by atoms with Gasteiger partial charge in [0.1, 0.15) is 0 Å². The van der Waals surface area contributed by atoms with Crippen LogP contribution in [0.4, 0.5) is 32.3 Å². The summed E-state index contributed by atoms with van der Waals surface area (Å²) in [4.78, 5) is 23.6. The molecule has 0 aromatic heterocycles. The quantitative estimate of drug-likeness (QED) is 0.112. The molecule has 0 saturated heterocycles. The van der Waals surface area contributed by atoms with Crippen LogP contribution in [0, 0.1) is 0 Å². The second kappa shape index (κ2) is 19.9. The summed E-state index contributed by atoms with van der Waals surface area (Å²) in [5.74, 6) is 0. The van der Waals surface area contributed by atoms with Crippen molar-refractivity contribution in [2.75, 3.05) is 47.6 Å². The zero-order valence-electron chi connectivity index (χ0n) is 24.8. The maximum Gasteiger partial charge on any atom is 0.323 e. The Hall–Kier alpha value is -4.55. The Morgan fingerprint density at radius 1 is 0.574 bits per heavy atom. The lowest BCUT2D eigenvalue weighted by Crippen LogP contribution is -2.26. The molecule has 0 radical (unpaired) electrons. The normalized spacial score (nSPS) is 10.6. The summed E-state index contributed by atoms with van der Waals surface area (Å²) in [5.41, 5.74) is 7.00. The molecule has 4 amide bonds. The van der Waals surface area contributed by atoms with Crippen molar-refractivity contribution in [2.24, 2.45) is 5.73 Å². The van der Waals surface area contributed by atoms with E-state index < -0.39 is 31.1 Å². The smallest absolute Gasteiger partial charge is 0.323 e. The predicted octanol–water partition coefficient (Wildman–Crippen LogP) is 3.80. The highest BCUT2D eigenvalue weighted by atomic mass is 35.7. The molecule has 9 N–H and O–H groups in total. The molecule has 0 heterocycles. The molecule has 14 nitrogen and oxygen atoms in total. The Labute approximate surface area is 277 Å². The molecule has 0 spiro atoms. The lowest BCUT2D eigenvalue weighted by atomic mass is 10.3. The number of aliphatic hydroxyl groups excluding tert-OH is 2. The lowest BCUT2D eigenvalue weighted by molar-refractivity contribution is 0.261. The van der Waals surface area contributed by atoms with Crippen molar-refractivity contribution in [1.82, 2.24) is 4.72 Å². The first-order valence-electron chi connectivity index (χ1n) is 13.7. The molecule has 0 atom stereocenters. The van der Waals surface area contributed by atoms with Crippen LogP contribution < -0.4 is 31.7 Å². The SMILES string of the molecule is NCCO.O=C(Nc1ccccc1)Nc1ccc(S(=O)(=O)Cl)cc1.O=C(Nc1ccccc1)Nc1ccc(S(=O)(=O)NCCO)cc1. The number of para-hydroxylation sites is 2. The van der Waals surface area contributed by atoms with E-state index in [0.29, 0.717) is 29.3 Å². The van der Waals surface area contributed by atoms with Crippen molar-refractivity contribution in [3.8, 4) is 0 Å². The molecular weight excluding hydrogens is 672 g/mol. The first kappa shape index (κ1) is 38.6. The zero-order chi connectivity index (χ0) is 34.7. The zero-order valence-corrected chi connectivity index (χ0v) is 27.2. The van der Waals surface area contributed by atoms with Gasteiger partial charge >= 0.3 is 12.1 Å². The highest BCUT2D eigenvalue weighted by Gasteiger charge is 2.13. The third kappa shape index (κ3) is 15.1. The van der Waals surface area contributed by atoms with E-state index in [-0.39, 0.29) is 29.5 Å². The van der Waals surface area contributed by atoms with Crippen LogP contribution in [0.25, 0.3) is 0 Å². The number of aliphatic hydroxyl groups is 2. The predicted molar refractivity (Wildman–Crippen MR) is 183 cm³/mol. The maximum atomic E-state index is 11.8. The van der Waals surface area contributed by atoms with Crippen LogP contribution in [0.15, 0.2) is 119 Å². The number of carbonyl (C=O) groups is 2. The molecule has 0 fully saturated rings. The Balaban J connectivity index is 0.000000296. The largest absolute Gasteiger partial charge is 0.395 e. The number of nitrogens with two attached hydrogens (primary N) is 1. The van der Waals surface area contributed by atoms with Crippen LogP contribution in [-0.2, 0) is 19.1 Å². The van der Waals surface area contributed by atoms with Crippen molar-refractivity contribution < 1.29 is 36.6 Å². The fourth-order valence-corrected chi connectivity index (χ4v) is 5.10. The molecule has 0 aliphatic carbocycles. The third-order valence-corrected chi connectivity index (χ3v) is 8.26. The monoisotopic (exact) mass is 706 g/mol. The summed E-state index contributed by atoms with van der Waals surface area (Å²) < 4.78 is 48.1. The van der Waals surface area contributed by atoms with Crippen molar-refractivity contribution in [1.29, 1.82) is 0 Å². The van der Waals surface area contributed by atoms with Crippen molar-refractivity contribution in [3.63, 3.8) is 0 Å². The van der Waals surface area contributed by atoms with Gasteiger partial charge < -0.3 is 37.2 Å². The molecule has 4 rings (SSSR count). The van der Waals surface area contributed by atoms with Crippen LogP contribution in [0.2, 0.25) is 0 Å². The minimum atomic E-state index is -3.75. The van der Waals surface area contributed by atoms with Gasteiger partial charge in [0.25, 0.3) is 9.05 Å². The van der Waals surface area contributed by atoms with Gasteiger partial charge in [-0.05, 0) is 72.8 Å². The van der Waals surface area contributed by atoms with Crippen molar-refractivity contribution in [2.45, 2.75) is 9.79 Å². The van der Waals surface area contributed by atoms with E-state index in [1.54, 1.807) is 48.5 Å². The van der Waals surface area contributed by atoms with Crippen molar-refractivity contribution in [3.05, 3.63) is 109 Å². The van der Waals surface area contributed by atoms with E-state index in [1.165, 1.54) is 48.5 Å². The van der Waals surface area contributed by atoms with E-state index in [1.807, 2.05) is 12.1 Å². The van der Waals surface area contributed by atoms with Gasteiger partial charge in [-0.2, -0.15) is 0 Å². The topological polar surface area (TPSA) is 229 Å². The van der Waals surface area contributed by atoms with Crippen LogP contribution in [0.3, 0.4) is 0 Å². The molecule has 17 heteroatoms. The Morgan fingerprint density at radius 2 is 0.915 bits per heavy atom. The first-order chi connectivity index (χ1) is 22.4. The van der Waals surface area contributed by atoms with E-state index in [9.17, 15) is 26.4 Å². The number of benzene rings is 4. The summed E-state index contributed by atoms with van der Waals surface area (Å²) in [7, 11) is -2.21. The summed E-state index contributed by atoms with van der Waals surface area (Å²) in [5, 5.41) is 26.9. The second-order valence-corrected chi connectivity index (χ2v) is 13.3. The molecular formula is C30H35ClN6O8S2. The number of urea groups is 2. The van der Waals surface area contributed by atoms with Crippen LogP contribution in [-0.4, -0.2) is 65.4 Å². The first-order valence-corrected chi connectivity index (χ1v) is 17.5. The molecule has 4 aromatic carbocycles. The molecule has 0 unspecified atom stereocenters. The number of nitrogens with one attached hydrogen (secondary N) is 5. The minimum Gasteiger partial charge on any atom is -0.395 e. The van der Waals surface area contributed by atoms with Gasteiger partial charge in [-0.15, -0.1) is 0 Å². The lowest BCUT2D eigenvalue weighted by Gasteiger charge is -2.09. The molecule has 0 saturated carbocycles. The van der Waals surface area contributed by atoms with E-state index in [0.717, 1.165) is 0 Å². The fourth-order valence-electron chi connectivity index (χ4n) is 3.31. The van der Waals surface area contributed by atoms with E-state index >= 15 is 0 Å². The number of hydrogen-bond acceptors (Lipinski definition) is 9.